The smallest absolute Gasteiger partial charge is 0.406 e. The van der Waals surface area contributed by atoms with Gasteiger partial charge in [-0.3, -0.25) is 5.41 Å². The number of likely N-dealkylation sites (N-methyl/N-ethyl adjacent to an activating group) is 1. The second kappa shape index (κ2) is 8.01. The lowest BCUT2D eigenvalue weighted by Gasteiger charge is -2.21. The number of rotatable bonds is 5. The molecule has 0 amide bonds. The Bertz CT molecular complexity index is 768. The molecule has 0 aliphatic carbocycles. The molecule has 1 N–H and O–H groups in total. The van der Waals surface area contributed by atoms with Gasteiger partial charge in [0.15, 0.2) is 0 Å². The molecule has 0 heterocycles. The number of halogens is 4. The van der Waals surface area contributed by atoms with E-state index in [2.05, 4.69) is 4.74 Å². The largest absolute Gasteiger partial charge is 0.573 e. The Kier molecular flexibility index (Phi) is 6.24. The van der Waals surface area contributed by atoms with Gasteiger partial charge in [-0.05, 0) is 42.2 Å². The van der Waals surface area contributed by atoms with Gasteiger partial charge in [0.2, 0.25) is 0 Å². The van der Waals surface area contributed by atoms with Crippen molar-refractivity contribution in [1.29, 1.82) is 5.41 Å². The molecule has 0 spiro atoms. The first-order valence-electron chi connectivity index (χ1n) is 7.19. The summed E-state index contributed by atoms with van der Waals surface area (Å²) in [5, 5.41) is 8.79. The van der Waals surface area contributed by atoms with Crippen molar-refractivity contribution in [3.8, 4) is 5.75 Å². The van der Waals surface area contributed by atoms with E-state index in [4.69, 9.17) is 17.0 Å². The molecular formula is C17H16ClF3N2OS. The fourth-order valence-electron chi connectivity index (χ4n) is 2.16. The number of nitrogens with one attached hydrogen (secondary N) is 1. The molecule has 0 saturated heterocycles. The van der Waals surface area contributed by atoms with Gasteiger partial charge in [-0.25, -0.2) is 0 Å². The molecule has 2 aromatic rings. The van der Waals surface area contributed by atoms with E-state index in [9.17, 15) is 13.2 Å². The second-order valence-electron chi connectivity index (χ2n) is 5.18. The van der Waals surface area contributed by atoms with Crippen molar-refractivity contribution in [2.45, 2.75) is 17.7 Å². The average molecular weight is 389 g/mol. The highest BCUT2D eigenvalue weighted by molar-refractivity contribution is 7.98. The SMILES string of the molecule is CSc1ccc(Cl)c(CC(=N)N(C)c2cccc(OC(F)(F)F)c2)c1. The summed E-state index contributed by atoms with van der Waals surface area (Å²) in [6.45, 7) is 0. The van der Waals surface area contributed by atoms with E-state index in [1.54, 1.807) is 30.9 Å². The van der Waals surface area contributed by atoms with Crippen molar-refractivity contribution in [3.63, 3.8) is 0 Å². The van der Waals surface area contributed by atoms with Gasteiger partial charge in [0.25, 0.3) is 0 Å². The van der Waals surface area contributed by atoms with Crippen LogP contribution in [0, 0.1) is 5.41 Å². The molecule has 0 aromatic heterocycles. The highest BCUT2D eigenvalue weighted by atomic mass is 35.5. The molecule has 0 saturated carbocycles. The number of hydrogen-bond acceptors (Lipinski definition) is 3. The maximum absolute atomic E-state index is 12.3. The van der Waals surface area contributed by atoms with Crippen molar-refractivity contribution in [1.82, 2.24) is 0 Å². The lowest BCUT2D eigenvalue weighted by Crippen LogP contribution is -2.27. The van der Waals surface area contributed by atoms with Crippen LogP contribution in [0.2, 0.25) is 5.02 Å². The Labute approximate surface area is 153 Å². The van der Waals surface area contributed by atoms with E-state index in [1.807, 2.05) is 18.4 Å². The second-order valence-corrected chi connectivity index (χ2v) is 6.47. The molecular weight excluding hydrogens is 373 g/mol. The monoisotopic (exact) mass is 388 g/mol. The summed E-state index contributed by atoms with van der Waals surface area (Å²) in [6.07, 6.45) is -2.55. The summed E-state index contributed by atoms with van der Waals surface area (Å²) in [7, 11) is 1.61. The predicted octanol–water partition coefficient (Wildman–Crippen LogP) is 5.62. The van der Waals surface area contributed by atoms with Crippen molar-refractivity contribution < 1.29 is 17.9 Å². The van der Waals surface area contributed by atoms with E-state index in [0.717, 1.165) is 10.5 Å². The van der Waals surface area contributed by atoms with Crippen LogP contribution in [0.15, 0.2) is 47.4 Å². The summed E-state index contributed by atoms with van der Waals surface area (Å²) in [6, 6.07) is 11.1. The maximum Gasteiger partial charge on any atom is 0.573 e. The molecule has 0 fully saturated rings. The Morgan fingerprint density at radius 3 is 2.60 bits per heavy atom. The minimum Gasteiger partial charge on any atom is -0.406 e. The van der Waals surface area contributed by atoms with Gasteiger partial charge in [-0.1, -0.05) is 17.7 Å². The summed E-state index contributed by atoms with van der Waals surface area (Å²) in [5.74, 6) is -0.128. The van der Waals surface area contributed by atoms with Gasteiger partial charge < -0.3 is 9.64 Å². The minimum atomic E-state index is -4.75. The van der Waals surface area contributed by atoms with Crippen LogP contribution in [0.1, 0.15) is 5.56 Å². The van der Waals surface area contributed by atoms with Gasteiger partial charge in [-0.15, -0.1) is 24.9 Å². The van der Waals surface area contributed by atoms with Crippen LogP contribution >= 0.6 is 23.4 Å². The normalized spacial score (nSPS) is 11.3. The standard InChI is InChI=1S/C17H16ClF3N2OS/c1-23(12-4-3-5-13(10-12)24-17(19,20)21)16(22)9-11-8-14(25-2)6-7-15(11)18/h3-8,10,22H,9H2,1-2H3. The lowest BCUT2D eigenvalue weighted by atomic mass is 10.1. The van der Waals surface area contributed by atoms with Crippen molar-refractivity contribution in [2.75, 3.05) is 18.2 Å². The van der Waals surface area contributed by atoms with Crippen molar-refractivity contribution in [2.24, 2.45) is 0 Å². The zero-order valence-corrected chi connectivity index (χ0v) is 15.1. The molecule has 3 nitrogen and oxygen atoms in total. The highest BCUT2D eigenvalue weighted by Crippen LogP contribution is 2.28. The molecule has 25 heavy (non-hydrogen) atoms. The molecule has 0 atom stereocenters. The van der Waals surface area contributed by atoms with E-state index < -0.39 is 6.36 Å². The summed E-state index contributed by atoms with van der Waals surface area (Å²) >= 11 is 7.74. The number of thioether (sulfide) groups is 1. The van der Waals surface area contributed by atoms with E-state index in [1.165, 1.54) is 23.1 Å². The fourth-order valence-corrected chi connectivity index (χ4v) is 2.81. The fraction of sp³-hybridized carbons (Fsp3) is 0.235. The molecule has 0 unspecified atom stereocenters. The maximum atomic E-state index is 12.3. The van der Waals surface area contributed by atoms with Crippen LogP contribution in [0.4, 0.5) is 18.9 Å². The first-order valence-corrected chi connectivity index (χ1v) is 8.79. The number of benzene rings is 2. The van der Waals surface area contributed by atoms with Crippen molar-refractivity contribution in [3.05, 3.63) is 53.1 Å². The summed E-state index contributed by atoms with van der Waals surface area (Å²) in [4.78, 5) is 2.51. The Morgan fingerprint density at radius 2 is 1.96 bits per heavy atom. The molecule has 134 valence electrons. The highest BCUT2D eigenvalue weighted by Gasteiger charge is 2.31. The third-order valence-electron chi connectivity index (χ3n) is 3.45. The van der Waals surface area contributed by atoms with Crippen molar-refractivity contribution >= 4 is 34.9 Å². The third kappa shape index (κ3) is 5.57. The summed E-state index contributed by atoms with van der Waals surface area (Å²) < 4.78 is 40.9. The molecule has 0 radical (unpaired) electrons. The Balaban J connectivity index is 2.16. The molecule has 2 aromatic carbocycles. The average Bonchev–Trinajstić information content (AvgIpc) is 2.54. The number of hydrogen-bond donors (Lipinski definition) is 1. The van der Waals surface area contributed by atoms with Gasteiger partial charge in [0.1, 0.15) is 11.6 Å². The quantitative estimate of drug-likeness (QED) is 0.410. The third-order valence-corrected chi connectivity index (χ3v) is 4.55. The van der Waals surface area contributed by atoms with Gasteiger partial charge in [-0.2, -0.15) is 0 Å². The number of amidine groups is 1. The van der Waals surface area contributed by atoms with E-state index in [0.29, 0.717) is 10.7 Å². The Morgan fingerprint density at radius 1 is 1.24 bits per heavy atom. The Hall–Kier alpha value is -1.86. The molecule has 0 bridgehead atoms. The molecule has 0 aliphatic heterocycles. The first kappa shape index (κ1) is 19.5. The predicted molar refractivity (Wildman–Crippen MR) is 96.2 cm³/mol. The van der Waals surface area contributed by atoms with E-state index >= 15 is 0 Å². The number of ether oxygens (including phenoxy) is 1. The van der Waals surface area contributed by atoms with Gasteiger partial charge >= 0.3 is 6.36 Å². The van der Waals surface area contributed by atoms with Crippen LogP contribution in [0.5, 0.6) is 5.75 Å². The summed E-state index contributed by atoms with van der Waals surface area (Å²) in [5.41, 5.74) is 1.21. The lowest BCUT2D eigenvalue weighted by molar-refractivity contribution is -0.274. The zero-order valence-electron chi connectivity index (χ0n) is 13.5. The van der Waals surface area contributed by atoms with Gasteiger partial charge in [0.05, 0.1) is 0 Å². The van der Waals surface area contributed by atoms with E-state index in [-0.39, 0.29) is 18.0 Å². The number of anilines is 1. The van der Waals surface area contributed by atoms with Crippen LogP contribution in [0.25, 0.3) is 0 Å². The van der Waals surface area contributed by atoms with Crippen LogP contribution in [-0.2, 0) is 6.42 Å². The molecule has 8 heteroatoms. The molecule has 2 rings (SSSR count). The van der Waals surface area contributed by atoms with Crippen LogP contribution < -0.4 is 9.64 Å². The minimum absolute atomic E-state index is 0.198. The number of alkyl halides is 3. The topological polar surface area (TPSA) is 36.3 Å². The zero-order chi connectivity index (χ0) is 18.6. The van der Waals surface area contributed by atoms with Gasteiger partial charge in [0, 0.05) is 35.1 Å². The molecule has 0 aliphatic rings. The first-order chi connectivity index (χ1) is 11.7. The van der Waals surface area contributed by atoms with Crippen LogP contribution in [-0.4, -0.2) is 25.5 Å². The number of nitrogens with zero attached hydrogens (tertiary/aromatic N) is 1. The van der Waals surface area contributed by atoms with Crippen LogP contribution in [0.3, 0.4) is 0 Å².